The molecule has 0 aliphatic carbocycles. The van der Waals surface area contributed by atoms with Gasteiger partial charge in [-0.15, -0.1) is 11.8 Å². The first-order valence-electron chi connectivity index (χ1n) is 5.83. The van der Waals surface area contributed by atoms with Gasteiger partial charge in [0.2, 0.25) is 5.91 Å². The van der Waals surface area contributed by atoms with Gasteiger partial charge in [-0.25, -0.2) is 0 Å². The lowest BCUT2D eigenvalue weighted by Gasteiger charge is -2.06. The van der Waals surface area contributed by atoms with E-state index in [9.17, 15) is 23.3 Å². The van der Waals surface area contributed by atoms with Gasteiger partial charge >= 0.3 is 0 Å². The van der Waals surface area contributed by atoms with Crippen LogP contribution in [0.4, 0.5) is 11.4 Å². The highest BCUT2D eigenvalue weighted by Crippen LogP contribution is 2.32. The second kappa shape index (κ2) is 7.38. The lowest BCUT2D eigenvalue weighted by Crippen LogP contribution is -2.06. The normalized spacial score (nSPS) is 11.1. The minimum Gasteiger partial charge on any atom is -0.326 e. The first-order valence-corrected chi connectivity index (χ1v) is 8.42. The summed E-state index contributed by atoms with van der Waals surface area (Å²) >= 11 is 1.11. The molecule has 1 aromatic carbocycles. The Morgan fingerprint density at radius 3 is 2.67 bits per heavy atom. The van der Waals surface area contributed by atoms with E-state index < -0.39 is 20.8 Å². The Labute approximate surface area is 125 Å². The summed E-state index contributed by atoms with van der Waals surface area (Å²) in [5.41, 5.74) is 0.148. The first kappa shape index (κ1) is 17.4. The molecule has 0 unspecified atom stereocenters. The predicted molar refractivity (Wildman–Crippen MR) is 79.2 cm³/mol. The second-order valence-electron chi connectivity index (χ2n) is 4.11. The molecule has 10 heteroatoms. The average molecular weight is 334 g/mol. The number of carbonyl (C=O) groups excluding carboxylic acids is 1. The molecule has 0 aromatic heterocycles. The monoisotopic (exact) mass is 334 g/mol. The van der Waals surface area contributed by atoms with Crippen LogP contribution in [0.1, 0.15) is 13.3 Å². The molecule has 0 aliphatic heterocycles. The maximum atomic E-state index is 11.0. The molecule has 0 atom stereocenters. The third kappa shape index (κ3) is 6.56. The highest BCUT2D eigenvalue weighted by atomic mass is 32.2. The van der Waals surface area contributed by atoms with Crippen molar-refractivity contribution < 1.29 is 22.7 Å². The molecule has 0 aliphatic rings. The fourth-order valence-corrected chi connectivity index (χ4v) is 3.13. The molecule has 1 aromatic rings. The van der Waals surface area contributed by atoms with Crippen molar-refractivity contribution in [3.05, 3.63) is 28.3 Å². The number of nitrogens with one attached hydrogen (secondary N) is 1. The molecule has 2 N–H and O–H groups in total. The largest absolute Gasteiger partial charge is 0.326 e. The molecular formula is C11H14N2O6S2. The quantitative estimate of drug-likeness (QED) is 0.256. The van der Waals surface area contributed by atoms with E-state index in [1.807, 2.05) is 0 Å². The number of nitro groups is 1. The summed E-state index contributed by atoms with van der Waals surface area (Å²) in [6, 6.07) is 4.26. The van der Waals surface area contributed by atoms with Crippen LogP contribution in [0, 0.1) is 10.1 Å². The third-order valence-corrected chi connectivity index (χ3v) is 4.23. The molecule has 0 radical (unpaired) electrons. The number of thioether (sulfide) groups is 1. The van der Waals surface area contributed by atoms with Crippen LogP contribution in [-0.4, -0.2) is 35.3 Å². The maximum Gasteiger partial charge on any atom is 0.284 e. The first-order chi connectivity index (χ1) is 9.69. The molecule has 0 heterocycles. The molecule has 8 nitrogen and oxygen atoms in total. The van der Waals surface area contributed by atoms with Crippen molar-refractivity contribution in [2.75, 3.05) is 16.8 Å². The Hall–Kier alpha value is -1.65. The summed E-state index contributed by atoms with van der Waals surface area (Å²) in [7, 11) is -4.02. The van der Waals surface area contributed by atoms with Gasteiger partial charge < -0.3 is 5.32 Å². The van der Waals surface area contributed by atoms with Crippen LogP contribution in [0.3, 0.4) is 0 Å². The maximum absolute atomic E-state index is 11.0. The van der Waals surface area contributed by atoms with Gasteiger partial charge in [-0.2, -0.15) is 8.42 Å². The lowest BCUT2D eigenvalue weighted by molar-refractivity contribution is -0.387. The molecule has 116 valence electrons. The van der Waals surface area contributed by atoms with Gasteiger partial charge in [0.1, 0.15) is 0 Å². The number of carbonyl (C=O) groups is 1. The van der Waals surface area contributed by atoms with Crippen molar-refractivity contribution in [1.29, 1.82) is 0 Å². The van der Waals surface area contributed by atoms with Gasteiger partial charge in [0.05, 0.1) is 15.6 Å². The Morgan fingerprint density at radius 1 is 1.48 bits per heavy atom. The summed E-state index contributed by atoms with van der Waals surface area (Å²) < 4.78 is 29.7. The van der Waals surface area contributed by atoms with Gasteiger partial charge in [0.25, 0.3) is 15.8 Å². The Morgan fingerprint density at radius 2 is 2.14 bits per heavy atom. The fraction of sp³-hybridized carbons (Fsp3) is 0.364. The minimum absolute atomic E-state index is 0.168. The van der Waals surface area contributed by atoms with E-state index in [1.165, 1.54) is 25.1 Å². The summed E-state index contributed by atoms with van der Waals surface area (Å²) in [5, 5.41) is 13.4. The van der Waals surface area contributed by atoms with Crippen molar-refractivity contribution in [3.63, 3.8) is 0 Å². The van der Waals surface area contributed by atoms with E-state index >= 15 is 0 Å². The zero-order valence-electron chi connectivity index (χ0n) is 11.1. The lowest BCUT2D eigenvalue weighted by atomic mass is 10.3. The number of nitro benzene ring substituents is 1. The average Bonchev–Trinajstić information content (AvgIpc) is 2.33. The SMILES string of the molecule is CC(=O)Nc1ccc(SCCCS(=O)(=O)O)c([N+](=O)[O-])c1. The van der Waals surface area contributed by atoms with Crippen molar-refractivity contribution in [2.45, 2.75) is 18.2 Å². The van der Waals surface area contributed by atoms with Gasteiger partial charge in [0, 0.05) is 18.7 Å². The second-order valence-corrected chi connectivity index (χ2v) is 6.82. The van der Waals surface area contributed by atoms with Crippen molar-refractivity contribution in [2.24, 2.45) is 0 Å². The van der Waals surface area contributed by atoms with Crippen LogP contribution >= 0.6 is 11.8 Å². The van der Waals surface area contributed by atoms with Crippen LogP contribution in [-0.2, 0) is 14.9 Å². The molecule has 1 amide bonds. The number of rotatable bonds is 7. The van der Waals surface area contributed by atoms with Gasteiger partial charge in [-0.05, 0) is 24.3 Å². The summed E-state index contributed by atoms with van der Waals surface area (Å²) in [4.78, 5) is 21.7. The Kier molecular flexibility index (Phi) is 6.12. The summed E-state index contributed by atoms with van der Waals surface area (Å²) in [6.07, 6.45) is 0.175. The minimum atomic E-state index is -4.02. The highest BCUT2D eigenvalue weighted by Gasteiger charge is 2.16. The molecule has 0 fully saturated rings. The predicted octanol–water partition coefficient (Wildman–Crippen LogP) is 1.92. The standard InChI is InChI=1S/C11H14N2O6S2/c1-8(14)12-9-3-4-11(10(7-9)13(15)16)20-5-2-6-21(17,18)19/h3-4,7H,2,5-6H2,1H3,(H,12,14)(H,17,18,19). The fourth-order valence-electron chi connectivity index (χ4n) is 1.49. The van der Waals surface area contributed by atoms with E-state index in [1.54, 1.807) is 0 Å². The third-order valence-electron chi connectivity index (χ3n) is 2.28. The van der Waals surface area contributed by atoms with Gasteiger partial charge in [-0.3, -0.25) is 19.5 Å². The van der Waals surface area contributed by atoms with Gasteiger partial charge in [-0.1, -0.05) is 0 Å². The number of anilines is 1. The Balaban J connectivity index is 2.77. The Bertz CT molecular complexity index is 644. The molecule has 1 rings (SSSR count). The van der Waals surface area contributed by atoms with Crippen molar-refractivity contribution >= 4 is 39.2 Å². The van der Waals surface area contributed by atoms with Crippen molar-refractivity contribution in [3.8, 4) is 0 Å². The summed E-state index contributed by atoms with van der Waals surface area (Å²) in [6.45, 7) is 1.30. The molecule has 0 bridgehead atoms. The number of nitrogens with zero attached hydrogens (tertiary/aromatic N) is 1. The zero-order valence-corrected chi connectivity index (χ0v) is 12.7. The number of benzene rings is 1. The molecule has 21 heavy (non-hydrogen) atoms. The molecule has 0 saturated carbocycles. The van der Waals surface area contributed by atoms with Crippen LogP contribution in [0.5, 0.6) is 0 Å². The van der Waals surface area contributed by atoms with Crippen LogP contribution in [0.25, 0.3) is 0 Å². The van der Waals surface area contributed by atoms with Crippen LogP contribution in [0.2, 0.25) is 0 Å². The zero-order chi connectivity index (χ0) is 16.0. The van der Waals surface area contributed by atoms with Crippen LogP contribution < -0.4 is 5.32 Å². The molecule has 0 spiro atoms. The highest BCUT2D eigenvalue weighted by molar-refractivity contribution is 7.99. The van der Waals surface area contributed by atoms with Crippen molar-refractivity contribution in [1.82, 2.24) is 0 Å². The van der Waals surface area contributed by atoms with Crippen LogP contribution in [0.15, 0.2) is 23.1 Å². The molecular weight excluding hydrogens is 320 g/mol. The molecule has 0 saturated heterocycles. The summed E-state index contributed by atoms with van der Waals surface area (Å²) in [5.74, 6) is -0.421. The van der Waals surface area contributed by atoms with Gasteiger partial charge in [0.15, 0.2) is 0 Å². The smallest absolute Gasteiger partial charge is 0.284 e. The number of hydrogen-bond acceptors (Lipinski definition) is 6. The topological polar surface area (TPSA) is 127 Å². The number of hydrogen-bond donors (Lipinski definition) is 2. The van der Waals surface area contributed by atoms with E-state index in [-0.39, 0.29) is 18.0 Å². The van der Waals surface area contributed by atoms with E-state index in [0.29, 0.717) is 16.3 Å². The van der Waals surface area contributed by atoms with E-state index in [0.717, 1.165) is 11.8 Å². The van der Waals surface area contributed by atoms with E-state index in [2.05, 4.69) is 5.32 Å². The number of amides is 1. The van der Waals surface area contributed by atoms with E-state index in [4.69, 9.17) is 4.55 Å².